The lowest BCUT2D eigenvalue weighted by molar-refractivity contribution is 0.528. The van der Waals surface area contributed by atoms with E-state index < -0.39 is 0 Å². The smallest absolute Gasteiger partial charge is 0.0650 e. The maximum Gasteiger partial charge on any atom is 0.0650 e. The van der Waals surface area contributed by atoms with Crippen LogP contribution in [0.2, 0.25) is 0 Å². The Bertz CT molecular complexity index is 495. The molecule has 2 nitrogen and oxygen atoms in total. The number of nitrogens with zero attached hydrogens (tertiary/aromatic N) is 2. The third kappa shape index (κ3) is 1.71. The number of hydrogen-bond acceptors (Lipinski definition) is 0. The van der Waals surface area contributed by atoms with Gasteiger partial charge in [-0.05, 0) is 37.1 Å². The summed E-state index contributed by atoms with van der Waals surface area (Å²) in [4.78, 5) is 0. The molecule has 3 rings (SSSR count). The minimum absolute atomic E-state index is 1.13. The molecule has 0 unspecified atom stereocenters. The lowest BCUT2D eigenvalue weighted by Gasteiger charge is -2.23. The van der Waals surface area contributed by atoms with Crippen LogP contribution in [0.4, 0.5) is 0 Å². The van der Waals surface area contributed by atoms with E-state index in [0.717, 1.165) is 13.1 Å². The van der Waals surface area contributed by atoms with Crippen LogP contribution < -0.4 is 0 Å². The molecule has 0 atom stereocenters. The Morgan fingerprint density at radius 2 is 1.22 bits per heavy atom. The van der Waals surface area contributed by atoms with E-state index in [1.165, 1.54) is 48.5 Å². The van der Waals surface area contributed by atoms with Gasteiger partial charge in [-0.15, -0.1) is 0 Å². The number of aromatic nitrogens is 2. The first-order valence-corrected chi connectivity index (χ1v) is 7.22. The first kappa shape index (κ1) is 11.6. The Balaban J connectivity index is 2.02. The summed E-state index contributed by atoms with van der Waals surface area (Å²) in [6, 6.07) is 9.21. The maximum absolute atomic E-state index is 2.51. The van der Waals surface area contributed by atoms with Crippen LogP contribution in [0, 0.1) is 0 Å². The zero-order valence-corrected chi connectivity index (χ0v) is 11.4. The molecule has 1 aliphatic heterocycles. The van der Waals surface area contributed by atoms with Crippen molar-refractivity contribution in [2.45, 2.75) is 52.6 Å². The molecule has 0 saturated heterocycles. The van der Waals surface area contributed by atoms with E-state index in [-0.39, 0.29) is 0 Å². The number of fused-ring (bicyclic) bond motifs is 3. The molecule has 3 heterocycles. The average Bonchev–Trinajstić information content (AvgIpc) is 2.95. The topological polar surface area (TPSA) is 9.86 Å². The highest BCUT2D eigenvalue weighted by Crippen LogP contribution is 2.30. The van der Waals surface area contributed by atoms with Gasteiger partial charge in [-0.2, -0.15) is 0 Å². The second kappa shape index (κ2) is 4.68. The maximum atomic E-state index is 2.51. The van der Waals surface area contributed by atoms with E-state index in [1.807, 2.05) is 0 Å². The van der Waals surface area contributed by atoms with Crippen LogP contribution >= 0.6 is 0 Å². The SMILES string of the molecule is CCCc1ccc2n1CCn1c(CCC)ccc1-2. The van der Waals surface area contributed by atoms with Crippen molar-refractivity contribution in [3.8, 4) is 11.4 Å². The Labute approximate surface area is 109 Å². The van der Waals surface area contributed by atoms with Gasteiger partial charge in [0.15, 0.2) is 0 Å². The summed E-state index contributed by atoms with van der Waals surface area (Å²) >= 11 is 0. The van der Waals surface area contributed by atoms with Crippen LogP contribution in [0.1, 0.15) is 38.1 Å². The van der Waals surface area contributed by atoms with Gasteiger partial charge in [0.25, 0.3) is 0 Å². The number of aryl methyl sites for hydroxylation is 2. The highest BCUT2D eigenvalue weighted by molar-refractivity contribution is 5.59. The fraction of sp³-hybridized carbons (Fsp3) is 0.500. The van der Waals surface area contributed by atoms with E-state index in [1.54, 1.807) is 0 Å². The molecule has 0 spiro atoms. The standard InChI is InChI=1S/C16H22N2/c1-3-5-13-7-9-15-16-10-8-14(6-4-2)18(16)12-11-17(13)15/h7-10H,3-6,11-12H2,1-2H3. The van der Waals surface area contributed by atoms with Crippen molar-refractivity contribution in [3.63, 3.8) is 0 Å². The lowest BCUT2D eigenvalue weighted by atomic mass is 10.2. The quantitative estimate of drug-likeness (QED) is 0.770. The summed E-state index contributed by atoms with van der Waals surface area (Å²) in [5.74, 6) is 0. The molecule has 2 aromatic rings. The first-order valence-electron chi connectivity index (χ1n) is 7.22. The molecule has 0 amide bonds. The van der Waals surface area contributed by atoms with Gasteiger partial charge in [-0.1, -0.05) is 26.7 Å². The summed E-state index contributed by atoms with van der Waals surface area (Å²) in [6.07, 6.45) is 4.85. The Hall–Kier alpha value is -1.44. The second-order valence-electron chi connectivity index (χ2n) is 5.22. The summed E-state index contributed by atoms with van der Waals surface area (Å²) in [5.41, 5.74) is 5.81. The fourth-order valence-corrected chi connectivity index (χ4v) is 3.14. The van der Waals surface area contributed by atoms with Gasteiger partial charge in [0.2, 0.25) is 0 Å². The zero-order valence-electron chi connectivity index (χ0n) is 11.4. The van der Waals surface area contributed by atoms with Gasteiger partial charge >= 0.3 is 0 Å². The molecule has 0 bridgehead atoms. The van der Waals surface area contributed by atoms with Gasteiger partial charge in [0.05, 0.1) is 11.4 Å². The normalized spacial score (nSPS) is 13.4. The van der Waals surface area contributed by atoms with Crippen molar-refractivity contribution in [1.29, 1.82) is 0 Å². The highest BCUT2D eigenvalue weighted by Gasteiger charge is 2.19. The Kier molecular flexibility index (Phi) is 3.02. The zero-order chi connectivity index (χ0) is 12.5. The monoisotopic (exact) mass is 242 g/mol. The van der Waals surface area contributed by atoms with Crippen molar-refractivity contribution >= 4 is 0 Å². The molecule has 0 aliphatic carbocycles. The third-order valence-corrected chi connectivity index (χ3v) is 3.96. The molecule has 2 aromatic heterocycles. The van der Waals surface area contributed by atoms with Gasteiger partial charge in [0, 0.05) is 24.5 Å². The van der Waals surface area contributed by atoms with Gasteiger partial charge in [0.1, 0.15) is 0 Å². The van der Waals surface area contributed by atoms with Crippen LogP contribution in [-0.2, 0) is 25.9 Å². The van der Waals surface area contributed by atoms with Crippen LogP contribution in [0.15, 0.2) is 24.3 Å². The largest absolute Gasteiger partial charge is 0.342 e. The van der Waals surface area contributed by atoms with Crippen LogP contribution in [-0.4, -0.2) is 9.13 Å². The summed E-state index contributed by atoms with van der Waals surface area (Å²) in [5, 5.41) is 0. The van der Waals surface area contributed by atoms with Crippen LogP contribution in [0.5, 0.6) is 0 Å². The lowest BCUT2D eigenvalue weighted by Crippen LogP contribution is -2.19. The van der Waals surface area contributed by atoms with Crippen LogP contribution in [0.3, 0.4) is 0 Å². The van der Waals surface area contributed by atoms with Crippen molar-refractivity contribution in [1.82, 2.24) is 9.13 Å². The molecule has 1 aliphatic rings. The van der Waals surface area contributed by atoms with Crippen LogP contribution in [0.25, 0.3) is 11.4 Å². The first-order chi connectivity index (χ1) is 8.85. The van der Waals surface area contributed by atoms with E-state index in [2.05, 4.69) is 47.2 Å². The van der Waals surface area contributed by atoms with Crippen molar-refractivity contribution in [2.75, 3.05) is 0 Å². The molecular weight excluding hydrogens is 220 g/mol. The van der Waals surface area contributed by atoms with Gasteiger partial charge in [-0.25, -0.2) is 0 Å². The van der Waals surface area contributed by atoms with E-state index in [9.17, 15) is 0 Å². The summed E-state index contributed by atoms with van der Waals surface area (Å²) in [7, 11) is 0. The van der Waals surface area contributed by atoms with Gasteiger partial charge in [-0.3, -0.25) is 0 Å². The highest BCUT2D eigenvalue weighted by atomic mass is 15.1. The predicted molar refractivity (Wildman–Crippen MR) is 75.8 cm³/mol. The second-order valence-corrected chi connectivity index (χ2v) is 5.22. The van der Waals surface area contributed by atoms with Crippen molar-refractivity contribution < 1.29 is 0 Å². The molecule has 0 fully saturated rings. The van der Waals surface area contributed by atoms with Crippen molar-refractivity contribution in [2.24, 2.45) is 0 Å². The van der Waals surface area contributed by atoms with Gasteiger partial charge < -0.3 is 9.13 Å². The molecule has 0 aromatic carbocycles. The minimum atomic E-state index is 1.13. The van der Waals surface area contributed by atoms with E-state index >= 15 is 0 Å². The molecule has 96 valence electrons. The predicted octanol–water partition coefficient (Wildman–Crippen LogP) is 3.88. The Morgan fingerprint density at radius 1 is 0.778 bits per heavy atom. The number of hydrogen-bond donors (Lipinski definition) is 0. The Morgan fingerprint density at radius 3 is 1.61 bits per heavy atom. The summed E-state index contributed by atoms with van der Waals surface area (Å²) < 4.78 is 5.02. The average molecular weight is 242 g/mol. The molecule has 18 heavy (non-hydrogen) atoms. The molecule has 2 heteroatoms. The molecule has 0 N–H and O–H groups in total. The third-order valence-electron chi connectivity index (χ3n) is 3.96. The molecule has 0 radical (unpaired) electrons. The van der Waals surface area contributed by atoms with E-state index in [4.69, 9.17) is 0 Å². The summed E-state index contributed by atoms with van der Waals surface area (Å²) in [6.45, 7) is 6.78. The van der Waals surface area contributed by atoms with E-state index in [0.29, 0.717) is 0 Å². The molecule has 0 saturated carbocycles. The minimum Gasteiger partial charge on any atom is -0.342 e. The fourth-order valence-electron chi connectivity index (χ4n) is 3.14. The molecular formula is C16H22N2. The number of rotatable bonds is 4. The van der Waals surface area contributed by atoms with Crippen molar-refractivity contribution in [3.05, 3.63) is 35.7 Å².